The van der Waals surface area contributed by atoms with Gasteiger partial charge in [-0.3, -0.25) is 4.79 Å². The molecule has 0 aromatic heterocycles. The highest BCUT2D eigenvalue weighted by atomic mass is 16.4. The first kappa shape index (κ1) is 18.1. The molecule has 1 atom stereocenters. The average Bonchev–Trinajstić information content (AvgIpc) is 2.27. The number of carbonyl (C=O) groups is 2. The maximum absolute atomic E-state index is 10.4. The van der Waals surface area contributed by atoms with E-state index in [0.29, 0.717) is 10.9 Å². The molecule has 1 unspecified atom stereocenters. The smallest absolute Gasteiger partial charge is 0.320 e. The van der Waals surface area contributed by atoms with Gasteiger partial charge < -0.3 is 25.2 Å². The van der Waals surface area contributed by atoms with Crippen molar-refractivity contribution in [3.8, 4) is 0 Å². The Hall–Kier alpha value is -1.92. The molecule has 1 rings (SSSR count). The highest BCUT2D eigenvalue weighted by molar-refractivity contribution is 5.73. The molecule has 20 heavy (non-hydrogen) atoms. The molecule has 0 amide bonds. The van der Waals surface area contributed by atoms with E-state index in [1.165, 1.54) is 0 Å². The van der Waals surface area contributed by atoms with E-state index in [2.05, 4.69) is 0 Å². The van der Waals surface area contributed by atoms with E-state index in [1.54, 1.807) is 21.1 Å². The van der Waals surface area contributed by atoms with Crippen LogP contribution < -0.4 is 10.8 Å². The maximum Gasteiger partial charge on any atom is 0.320 e. The van der Waals surface area contributed by atoms with Crippen LogP contribution >= 0.6 is 0 Å². The number of nitrogens with two attached hydrogens (primary N) is 1. The Morgan fingerprint density at radius 3 is 2.05 bits per heavy atom. The summed E-state index contributed by atoms with van der Waals surface area (Å²) in [7, 11) is 5.40. The van der Waals surface area contributed by atoms with Gasteiger partial charge in [0.05, 0.1) is 27.1 Å². The zero-order valence-corrected chi connectivity index (χ0v) is 12.1. The molecule has 0 aliphatic heterocycles. The molecule has 1 aromatic rings. The van der Waals surface area contributed by atoms with Crippen molar-refractivity contribution in [3.05, 3.63) is 35.9 Å². The molecule has 0 radical (unpaired) electrons. The van der Waals surface area contributed by atoms with Crippen LogP contribution in [0.4, 0.5) is 0 Å². The predicted octanol–water partition coefficient (Wildman–Crippen LogP) is -0.916. The van der Waals surface area contributed by atoms with Gasteiger partial charge in [-0.05, 0) is 12.0 Å². The minimum absolute atomic E-state index is 0.0694. The van der Waals surface area contributed by atoms with Gasteiger partial charge in [-0.25, -0.2) is 0 Å². The summed E-state index contributed by atoms with van der Waals surface area (Å²) in [4.78, 5) is 20.3. The molecule has 0 saturated carbocycles. The van der Waals surface area contributed by atoms with Crippen molar-refractivity contribution in [1.82, 2.24) is 0 Å². The first-order valence-electron chi connectivity index (χ1n) is 6.14. The quantitative estimate of drug-likeness (QED) is 0.680. The zero-order valence-electron chi connectivity index (χ0n) is 12.1. The van der Waals surface area contributed by atoms with Crippen molar-refractivity contribution in [3.63, 3.8) is 0 Å². The highest BCUT2D eigenvalue weighted by Gasteiger charge is 2.10. The standard InChI is InChI=1S/C9H11NO2.C5H11NO2/c10-8(9(11)12)6-7-4-2-1-3-5-7;1-6(2,3)4-5(7)8/h1-5,8H,6,10H2,(H,11,12);4H2,1-3H3. The van der Waals surface area contributed by atoms with Gasteiger partial charge in [0.15, 0.2) is 0 Å². The van der Waals surface area contributed by atoms with Crippen LogP contribution in [0.25, 0.3) is 0 Å². The number of hydrogen-bond acceptors (Lipinski definition) is 4. The summed E-state index contributed by atoms with van der Waals surface area (Å²) in [6, 6.07) is 8.54. The summed E-state index contributed by atoms with van der Waals surface area (Å²) < 4.78 is 0.419. The summed E-state index contributed by atoms with van der Waals surface area (Å²) in [6.07, 6.45) is 0.385. The average molecular weight is 282 g/mol. The largest absolute Gasteiger partial charge is 0.544 e. The van der Waals surface area contributed by atoms with E-state index in [4.69, 9.17) is 10.8 Å². The summed E-state index contributed by atoms with van der Waals surface area (Å²) in [5.41, 5.74) is 6.30. The van der Waals surface area contributed by atoms with Gasteiger partial charge in [-0.2, -0.15) is 0 Å². The van der Waals surface area contributed by atoms with E-state index < -0.39 is 18.0 Å². The number of quaternary nitrogens is 1. The van der Waals surface area contributed by atoms with E-state index in [-0.39, 0.29) is 6.54 Å². The van der Waals surface area contributed by atoms with Gasteiger partial charge in [-0.1, -0.05) is 30.3 Å². The Morgan fingerprint density at radius 2 is 1.75 bits per heavy atom. The third kappa shape index (κ3) is 10.0. The van der Waals surface area contributed by atoms with E-state index in [9.17, 15) is 14.7 Å². The topological polar surface area (TPSA) is 103 Å². The monoisotopic (exact) mass is 282 g/mol. The molecule has 1 aromatic carbocycles. The molecule has 0 fully saturated rings. The number of carboxylic acid groups (broad SMARTS) is 2. The molecule has 0 spiro atoms. The second-order valence-corrected chi connectivity index (χ2v) is 5.45. The first-order chi connectivity index (χ1) is 9.11. The van der Waals surface area contributed by atoms with Crippen molar-refractivity contribution in [2.75, 3.05) is 27.7 Å². The van der Waals surface area contributed by atoms with Crippen LogP contribution in [0.15, 0.2) is 30.3 Å². The van der Waals surface area contributed by atoms with Crippen molar-refractivity contribution >= 4 is 11.9 Å². The van der Waals surface area contributed by atoms with Crippen molar-refractivity contribution in [2.24, 2.45) is 5.73 Å². The maximum atomic E-state index is 10.4. The van der Waals surface area contributed by atoms with Crippen LogP contribution in [0.2, 0.25) is 0 Å². The third-order valence-corrected chi connectivity index (χ3v) is 2.22. The molecule has 6 heteroatoms. The lowest BCUT2D eigenvalue weighted by atomic mass is 10.1. The van der Waals surface area contributed by atoms with Crippen LogP contribution in [0.1, 0.15) is 5.56 Å². The number of aliphatic carboxylic acids is 2. The lowest BCUT2D eigenvalue weighted by Gasteiger charge is -2.23. The van der Waals surface area contributed by atoms with Crippen molar-refractivity contribution in [2.45, 2.75) is 12.5 Å². The molecule has 0 heterocycles. The normalized spacial score (nSPS) is 12.0. The molecule has 3 N–H and O–H groups in total. The van der Waals surface area contributed by atoms with Gasteiger partial charge in [-0.15, -0.1) is 0 Å². The lowest BCUT2D eigenvalue weighted by Crippen LogP contribution is -2.45. The Balaban J connectivity index is 0.000000396. The Morgan fingerprint density at radius 1 is 1.25 bits per heavy atom. The summed E-state index contributed by atoms with van der Waals surface area (Å²) in [5, 5.41) is 18.4. The number of likely N-dealkylation sites (N-methyl/N-ethyl adjacent to an activating group) is 1. The SMILES string of the molecule is C[N+](C)(C)CC(=O)[O-].NC(Cc1ccccc1)C(=O)O. The zero-order chi connectivity index (χ0) is 15.8. The molecule has 6 nitrogen and oxygen atoms in total. The van der Waals surface area contributed by atoms with Crippen molar-refractivity contribution in [1.29, 1.82) is 0 Å². The van der Waals surface area contributed by atoms with Gasteiger partial charge in [0, 0.05) is 0 Å². The number of hydrogen-bond donors (Lipinski definition) is 2. The highest BCUT2D eigenvalue weighted by Crippen LogP contribution is 2.01. The molecule has 0 aliphatic carbocycles. The van der Waals surface area contributed by atoms with Gasteiger partial charge >= 0.3 is 5.97 Å². The van der Waals surface area contributed by atoms with Crippen LogP contribution in [-0.4, -0.2) is 55.3 Å². The molecule has 0 bridgehead atoms. The Labute approximate surface area is 119 Å². The van der Waals surface area contributed by atoms with Crippen molar-refractivity contribution < 1.29 is 24.3 Å². The second kappa shape index (κ2) is 8.29. The number of benzene rings is 1. The minimum atomic E-state index is -1.00. The molecule has 0 saturated heterocycles. The molecular weight excluding hydrogens is 260 g/mol. The summed E-state index contributed by atoms with van der Waals surface area (Å²) in [6.45, 7) is 0.0694. The molecule has 0 aliphatic rings. The molecular formula is C14H22N2O4. The number of nitrogens with zero attached hydrogens (tertiary/aromatic N) is 1. The first-order valence-corrected chi connectivity index (χ1v) is 6.14. The van der Waals surface area contributed by atoms with Crippen LogP contribution in [0.3, 0.4) is 0 Å². The number of rotatable bonds is 5. The Bertz CT molecular complexity index is 427. The molecule has 112 valence electrons. The fraction of sp³-hybridized carbons (Fsp3) is 0.429. The van der Waals surface area contributed by atoms with E-state index in [1.807, 2.05) is 30.3 Å². The third-order valence-electron chi connectivity index (χ3n) is 2.22. The Kier molecular flexibility index (Phi) is 7.49. The van der Waals surface area contributed by atoms with Gasteiger partial charge in [0.2, 0.25) is 0 Å². The van der Waals surface area contributed by atoms with E-state index in [0.717, 1.165) is 5.56 Å². The van der Waals surface area contributed by atoms with Crippen LogP contribution in [-0.2, 0) is 16.0 Å². The second-order valence-electron chi connectivity index (χ2n) is 5.45. The summed E-state index contributed by atoms with van der Waals surface area (Å²) in [5.74, 6) is -1.96. The number of carboxylic acids is 2. The summed E-state index contributed by atoms with van der Waals surface area (Å²) >= 11 is 0. The number of carbonyl (C=O) groups excluding carboxylic acids is 1. The van der Waals surface area contributed by atoms with Gasteiger partial charge in [0.1, 0.15) is 12.6 Å². The fourth-order valence-electron chi connectivity index (χ4n) is 1.34. The van der Waals surface area contributed by atoms with Gasteiger partial charge in [0.25, 0.3) is 0 Å². The van der Waals surface area contributed by atoms with E-state index >= 15 is 0 Å². The minimum Gasteiger partial charge on any atom is -0.544 e. The lowest BCUT2D eigenvalue weighted by molar-refractivity contribution is -0.864. The van der Waals surface area contributed by atoms with Crippen LogP contribution in [0, 0.1) is 0 Å². The predicted molar refractivity (Wildman–Crippen MR) is 73.7 cm³/mol. The van der Waals surface area contributed by atoms with Crippen LogP contribution in [0.5, 0.6) is 0 Å². The fourth-order valence-corrected chi connectivity index (χ4v) is 1.34.